The van der Waals surface area contributed by atoms with Gasteiger partial charge in [-0.05, 0) is 60.1 Å². The maximum Gasteiger partial charge on any atom is 0.262 e. The molecule has 0 heterocycles. The van der Waals surface area contributed by atoms with Crippen LogP contribution in [0.5, 0.6) is 5.75 Å². The lowest BCUT2D eigenvalue weighted by atomic mass is 9.87. The zero-order chi connectivity index (χ0) is 17.6. The third-order valence-corrected chi connectivity index (χ3v) is 4.51. The van der Waals surface area contributed by atoms with Crippen molar-refractivity contribution in [3.8, 4) is 11.8 Å². The largest absolute Gasteiger partial charge is 0.508 e. The van der Waals surface area contributed by atoms with E-state index in [1.54, 1.807) is 18.2 Å². The lowest BCUT2D eigenvalue weighted by Gasteiger charge is -2.19. The number of phenols is 1. The Morgan fingerprint density at radius 3 is 2.56 bits per heavy atom. The molecule has 4 nitrogen and oxygen atoms in total. The Balaban J connectivity index is 1.81. The van der Waals surface area contributed by atoms with Crippen LogP contribution < -0.4 is 5.32 Å². The van der Waals surface area contributed by atoms with Crippen LogP contribution in [0.1, 0.15) is 35.1 Å². The summed E-state index contributed by atoms with van der Waals surface area (Å²) >= 11 is 0. The summed E-state index contributed by atoms with van der Waals surface area (Å²) < 4.78 is 0. The summed E-state index contributed by atoms with van der Waals surface area (Å²) in [5.41, 5.74) is 3.90. The van der Waals surface area contributed by atoms with Gasteiger partial charge in [0.25, 0.3) is 5.91 Å². The van der Waals surface area contributed by atoms with Crippen LogP contribution in [-0.4, -0.2) is 11.0 Å². The molecule has 0 aromatic heterocycles. The van der Waals surface area contributed by atoms with Crippen LogP contribution in [0, 0.1) is 11.3 Å². The van der Waals surface area contributed by atoms with Crippen molar-refractivity contribution in [3.05, 3.63) is 70.3 Å². The Hall–Kier alpha value is -3.06. The fourth-order valence-corrected chi connectivity index (χ4v) is 3.19. The smallest absolute Gasteiger partial charge is 0.262 e. The molecule has 0 fully saturated rings. The van der Waals surface area contributed by atoms with Crippen molar-refractivity contribution in [2.75, 3.05) is 0 Å². The summed E-state index contributed by atoms with van der Waals surface area (Å²) in [4.78, 5) is 12.3. The summed E-state index contributed by atoms with van der Waals surface area (Å²) in [6.45, 7) is 0.381. The number of benzene rings is 2. The monoisotopic (exact) mass is 332 g/mol. The van der Waals surface area contributed by atoms with E-state index in [9.17, 15) is 15.2 Å². The number of carbonyl (C=O) groups is 1. The second kappa shape index (κ2) is 7.67. The normalized spacial score (nSPS) is 13.6. The van der Waals surface area contributed by atoms with E-state index in [0.717, 1.165) is 47.9 Å². The van der Waals surface area contributed by atoms with Crippen molar-refractivity contribution in [1.82, 2.24) is 5.32 Å². The van der Waals surface area contributed by atoms with E-state index < -0.39 is 0 Å². The summed E-state index contributed by atoms with van der Waals surface area (Å²) in [6.07, 6.45) is 5.44. The minimum atomic E-state index is -0.385. The number of rotatable bonds is 4. The molecule has 2 aromatic carbocycles. The van der Waals surface area contributed by atoms with Crippen molar-refractivity contribution in [2.24, 2.45) is 0 Å². The molecule has 0 unspecified atom stereocenters. The number of phenolic OH excluding ortho intramolecular Hbond substituents is 1. The second-order valence-corrected chi connectivity index (χ2v) is 6.18. The number of nitriles is 1. The van der Waals surface area contributed by atoms with Gasteiger partial charge in [0, 0.05) is 6.54 Å². The van der Waals surface area contributed by atoms with Crippen LogP contribution in [0.15, 0.2) is 48.0 Å². The molecular weight excluding hydrogens is 312 g/mol. The summed E-state index contributed by atoms with van der Waals surface area (Å²) in [5, 5.41) is 22.2. The number of nitrogens with one attached hydrogen (secondary N) is 1. The maximum atomic E-state index is 12.3. The Labute approximate surface area is 147 Å². The maximum absolute atomic E-state index is 12.3. The SMILES string of the molecule is N#CC(=Cc1ccc(O)c2c1CCCC2)C(=O)NCc1ccccc1. The molecule has 0 aliphatic heterocycles. The molecule has 4 heteroatoms. The van der Waals surface area contributed by atoms with Crippen molar-refractivity contribution < 1.29 is 9.90 Å². The average molecular weight is 332 g/mol. The Kier molecular flexibility index (Phi) is 5.15. The van der Waals surface area contributed by atoms with Crippen LogP contribution in [0.25, 0.3) is 6.08 Å². The molecule has 2 N–H and O–H groups in total. The van der Waals surface area contributed by atoms with Gasteiger partial charge in [-0.1, -0.05) is 36.4 Å². The first-order valence-corrected chi connectivity index (χ1v) is 8.46. The molecule has 0 radical (unpaired) electrons. The van der Waals surface area contributed by atoms with Crippen LogP contribution in [0.2, 0.25) is 0 Å². The number of hydrogen-bond donors (Lipinski definition) is 2. The molecule has 1 aliphatic carbocycles. The molecule has 0 saturated heterocycles. The highest BCUT2D eigenvalue weighted by Crippen LogP contribution is 2.32. The molecule has 0 atom stereocenters. The molecule has 1 amide bonds. The Bertz CT molecular complexity index is 848. The molecule has 25 heavy (non-hydrogen) atoms. The number of amides is 1. The predicted molar refractivity (Wildman–Crippen MR) is 96.6 cm³/mol. The first-order valence-electron chi connectivity index (χ1n) is 8.46. The van der Waals surface area contributed by atoms with Gasteiger partial charge < -0.3 is 10.4 Å². The van der Waals surface area contributed by atoms with Gasteiger partial charge in [-0.15, -0.1) is 0 Å². The highest BCUT2D eigenvalue weighted by Gasteiger charge is 2.17. The minimum absolute atomic E-state index is 0.0781. The van der Waals surface area contributed by atoms with E-state index in [1.165, 1.54) is 0 Å². The number of aromatic hydroxyl groups is 1. The summed E-state index contributed by atoms with van der Waals surface area (Å²) in [7, 11) is 0. The van der Waals surface area contributed by atoms with E-state index in [1.807, 2.05) is 36.4 Å². The van der Waals surface area contributed by atoms with Gasteiger partial charge in [0.15, 0.2) is 0 Å². The third kappa shape index (κ3) is 3.89. The van der Waals surface area contributed by atoms with Crippen molar-refractivity contribution in [1.29, 1.82) is 5.26 Å². The molecule has 3 rings (SSSR count). The van der Waals surface area contributed by atoms with Gasteiger partial charge in [-0.2, -0.15) is 5.26 Å². The van der Waals surface area contributed by atoms with Crippen LogP contribution in [-0.2, 0) is 24.2 Å². The molecule has 1 aliphatic rings. The quantitative estimate of drug-likeness (QED) is 0.665. The molecule has 2 aromatic rings. The van der Waals surface area contributed by atoms with Gasteiger partial charge in [0.05, 0.1) is 0 Å². The standard InChI is InChI=1S/C21H20N2O2/c22-13-17(21(25)23-14-15-6-2-1-3-7-15)12-16-10-11-20(24)19-9-5-4-8-18(16)19/h1-3,6-7,10-12,24H,4-5,8-9,14H2,(H,23,25). The van der Waals surface area contributed by atoms with Gasteiger partial charge >= 0.3 is 0 Å². The van der Waals surface area contributed by atoms with E-state index in [4.69, 9.17) is 0 Å². The molecule has 0 bridgehead atoms. The molecular formula is C21H20N2O2. The predicted octanol–water partition coefficient (Wildman–Crippen LogP) is 3.49. The minimum Gasteiger partial charge on any atom is -0.508 e. The van der Waals surface area contributed by atoms with E-state index in [-0.39, 0.29) is 11.5 Å². The lowest BCUT2D eigenvalue weighted by molar-refractivity contribution is -0.117. The van der Waals surface area contributed by atoms with E-state index >= 15 is 0 Å². The van der Waals surface area contributed by atoms with E-state index in [0.29, 0.717) is 12.3 Å². The Morgan fingerprint density at radius 2 is 1.84 bits per heavy atom. The van der Waals surface area contributed by atoms with Gasteiger partial charge in [-0.3, -0.25) is 4.79 Å². The third-order valence-electron chi connectivity index (χ3n) is 4.51. The topological polar surface area (TPSA) is 73.1 Å². The first kappa shape index (κ1) is 16.8. The van der Waals surface area contributed by atoms with Crippen molar-refractivity contribution in [2.45, 2.75) is 32.2 Å². The summed E-state index contributed by atoms with van der Waals surface area (Å²) in [6, 6.07) is 15.0. The highest BCUT2D eigenvalue weighted by molar-refractivity contribution is 6.01. The van der Waals surface area contributed by atoms with Crippen LogP contribution >= 0.6 is 0 Å². The number of carbonyl (C=O) groups excluding carboxylic acids is 1. The average Bonchev–Trinajstić information content (AvgIpc) is 2.67. The van der Waals surface area contributed by atoms with E-state index in [2.05, 4.69) is 5.32 Å². The van der Waals surface area contributed by atoms with Gasteiger partial charge in [0.2, 0.25) is 0 Å². The Morgan fingerprint density at radius 1 is 1.12 bits per heavy atom. The zero-order valence-electron chi connectivity index (χ0n) is 14.0. The van der Waals surface area contributed by atoms with Crippen LogP contribution in [0.4, 0.5) is 0 Å². The summed E-state index contributed by atoms with van der Waals surface area (Å²) in [5.74, 6) is -0.0807. The fourth-order valence-electron chi connectivity index (χ4n) is 3.19. The van der Waals surface area contributed by atoms with Gasteiger partial charge in [0.1, 0.15) is 17.4 Å². The van der Waals surface area contributed by atoms with Crippen LogP contribution in [0.3, 0.4) is 0 Å². The van der Waals surface area contributed by atoms with Gasteiger partial charge in [-0.25, -0.2) is 0 Å². The fraction of sp³-hybridized carbons (Fsp3) is 0.238. The first-order chi connectivity index (χ1) is 12.2. The molecule has 0 saturated carbocycles. The number of hydrogen-bond acceptors (Lipinski definition) is 3. The van der Waals surface area contributed by atoms with Crippen molar-refractivity contribution in [3.63, 3.8) is 0 Å². The number of nitrogens with zero attached hydrogens (tertiary/aromatic N) is 1. The second-order valence-electron chi connectivity index (χ2n) is 6.18. The molecule has 0 spiro atoms. The number of fused-ring (bicyclic) bond motifs is 1. The lowest BCUT2D eigenvalue weighted by Crippen LogP contribution is -2.24. The highest BCUT2D eigenvalue weighted by atomic mass is 16.3. The molecule has 126 valence electrons. The zero-order valence-corrected chi connectivity index (χ0v) is 14.0. The van der Waals surface area contributed by atoms with Crippen molar-refractivity contribution >= 4 is 12.0 Å².